The van der Waals surface area contributed by atoms with Crippen molar-refractivity contribution in [3.05, 3.63) is 138 Å². The molecule has 0 radical (unpaired) electrons. The molecule has 1 saturated heterocycles. The molecule has 0 saturated carbocycles. The molecule has 2 aromatic heterocycles. The number of aliphatic hydroxyl groups excluding tert-OH is 1. The number of rotatable bonds is 17. The van der Waals surface area contributed by atoms with E-state index < -0.39 is 29.4 Å². The third-order valence-electron chi connectivity index (χ3n) is 9.22. The summed E-state index contributed by atoms with van der Waals surface area (Å²) in [5.41, 5.74) is 2.74. The number of allylic oxidation sites excluding steroid dienone is 1. The highest BCUT2D eigenvalue weighted by Crippen LogP contribution is 2.42. The van der Waals surface area contributed by atoms with Crippen LogP contribution in [-0.4, -0.2) is 66.6 Å². The van der Waals surface area contributed by atoms with E-state index in [9.17, 15) is 18.7 Å². The summed E-state index contributed by atoms with van der Waals surface area (Å²) in [5.74, 6) is -0.643. The Balaban J connectivity index is 0.971. The molecule has 4 atom stereocenters. The number of benzene rings is 3. The summed E-state index contributed by atoms with van der Waals surface area (Å²) in [6.45, 7) is 13.6. The molecule has 3 aromatic carbocycles. The van der Waals surface area contributed by atoms with E-state index in [-0.39, 0.29) is 23.7 Å². The number of ether oxygens (including phenoxy) is 2. The lowest BCUT2D eigenvalue weighted by molar-refractivity contribution is -0.0206. The van der Waals surface area contributed by atoms with Crippen LogP contribution in [0.3, 0.4) is 0 Å². The zero-order valence-corrected chi connectivity index (χ0v) is 29.8. The molecular formula is C39H44F2N8O4. The van der Waals surface area contributed by atoms with Crippen LogP contribution in [0.5, 0.6) is 5.75 Å². The standard InChI is InChI=1S/C39H44F2N8O4/c1-26(2)17-36(37(50)27(3)4)49-38(51)48(25-46-49)32-10-6-30(7-11-32)43-15-16-44-31-8-12-33(13-9-31)52-20-28-19-39(53-21-28,22-47-24-42-23-45-47)34-14-5-29(40)18-35(34)41/h5-14,18,23-25,28,36-37,43-44,50H,1,3,15-17,19-22H2,2,4H3/t28-,36+,37+,39+/m1/s1. The number of nitrogens with zero attached hydrogens (tertiary/aromatic N) is 6. The second-order valence-electron chi connectivity index (χ2n) is 13.6. The lowest BCUT2D eigenvalue weighted by Gasteiger charge is -2.29. The monoisotopic (exact) mass is 726 g/mol. The number of aliphatic hydroxyl groups is 1. The zero-order valence-electron chi connectivity index (χ0n) is 29.8. The van der Waals surface area contributed by atoms with Crippen molar-refractivity contribution in [3.8, 4) is 11.4 Å². The molecule has 6 rings (SSSR count). The van der Waals surface area contributed by atoms with Gasteiger partial charge in [-0.25, -0.2) is 32.5 Å². The minimum absolute atomic E-state index is 0.0284. The molecule has 3 heterocycles. The minimum Gasteiger partial charge on any atom is -0.493 e. The Morgan fingerprint density at radius 3 is 2.34 bits per heavy atom. The van der Waals surface area contributed by atoms with E-state index in [1.165, 1.54) is 34.0 Å². The highest BCUT2D eigenvalue weighted by Gasteiger charge is 2.44. The summed E-state index contributed by atoms with van der Waals surface area (Å²) < 4.78 is 45.3. The lowest BCUT2D eigenvalue weighted by Crippen LogP contribution is -2.34. The second kappa shape index (κ2) is 16.4. The Labute approximate surface area is 306 Å². The highest BCUT2D eigenvalue weighted by atomic mass is 19.1. The van der Waals surface area contributed by atoms with Crippen molar-refractivity contribution < 1.29 is 23.4 Å². The minimum atomic E-state index is -1.03. The predicted octanol–water partition coefficient (Wildman–Crippen LogP) is 5.88. The van der Waals surface area contributed by atoms with Gasteiger partial charge in [-0.15, -0.1) is 6.58 Å². The predicted molar refractivity (Wildman–Crippen MR) is 198 cm³/mol. The van der Waals surface area contributed by atoms with Gasteiger partial charge in [-0.2, -0.15) is 10.2 Å². The summed E-state index contributed by atoms with van der Waals surface area (Å²) in [5, 5.41) is 25.9. The molecule has 278 valence electrons. The fraction of sp³-hybridized carbons (Fsp3) is 0.333. The Kier molecular flexibility index (Phi) is 11.5. The SMILES string of the molecule is C=C(C)C[C@@H]([C@@H](O)C(=C)C)n1ncn(-c2ccc(NCCNc3ccc(OC[C@@H]4CO[C@@](Cn5cncn5)(c5ccc(F)cc5F)C4)cc3)cc2)c1=O. The van der Waals surface area contributed by atoms with Crippen LogP contribution >= 0.6 is 0 Å². The van der Waals surface area contributed by atoms with Crippen LogP contribution in [-0.2, 0) is 16.9 Å². The largest absolute Gasteiger partial charge is 0.493 e. The van der Waals surface area contributed by atoms with Crippen molar-refractivity contribution in [1.29, 1.82) is 0 Å². The topological polar surface area (TPSA) is 133 Å². The van der Waals surface area contributed by atoms with Crippen LogP contribution in [0.1, 0.15) is 38.3 Å². The highest BCUT2D eigenvalue weighted by molar-refractivity contribution is 5.50. The van der Waals surface area contributed by atoms with Crippen molar-refractivity contribution in [2.24, 2.45) is 5.92 Å². The van der Waals surface area contributed by atoms with E-state index >= 15 is 0 Å². The molecule has 1 aliphatic heterocycles. The molecule has 53 heavy (non-hydrogen) atoms. The summed E-state index contributed by atoms with van der Waals surface area (Å²) in [4.78, 5) is 17.2. The third-order valence-corrected chi connectivity index (χ3v) is 9.22. The van der Waals surface area contributed by atoms with Gasteiger partial charge in [0.1, 0.15) is 42.0 Å². The number of anilines is 2. The van der Waals surface area contributed by atoms with Gasteiger partial charge in [0.15, 0.2) is 0 Å². The third kappa shape index (κ3) is 8.90. The molecule has 3 N–H and O–H groups in total. The molecule has 0 spiro atoms. The van der Waals surface area contributed by atoms with E-state index in [4.69, 9.17) is 9.47 Å². The average Bonchev–Trinajstić information content (AvgIpc) is 3.90. The van der Waals surface area contributed by atoms with Crippen molar-refractivity contribution in [2.45, 2.75) is 51.0 Å². The summed E-state index contributed by atoms with van der Waals surface area (Å²) in [6.07, 6.45) is 4.34. The van der Waals surface area contributed by atoms with Gasteiger partial charge in [-0.3, -0.25) is 0 Å². The van der Waals surface area contributed by atoms with Crippen molar-refractivity contribution in [1.82, 2.24) is 29.1 Å². The molecule has 1 fully saturated rings. The van der Waals surface area contributed by atoms with Crippen LogP contribution < -0.4 is 21.1 Å². The van der Waals surface area contributed by atoms with E-state index in [2.05, 4.69) is 39.0 Å². The van der Waals surface area contributed by atoms with Gasteiger partial charge in [0.05, 0.1) is 37.6 Å². The average molecular weight is 727 g/mol. The van der Waals surface area contributed by atoms with Crippen LogP contribution in [0.25, 0.3) is 5.69 Å². The van der Waals surface area contributed by atoms with Gasteiger partial charge >= 0.3 is 5.69 Å². The van der Waals surface area contributed by atoms with Crippen molar-refractivity contribution in [3.63, 3.8) is 0 Å². The maximum atomic E-state index is 14.9. The molecule has 5 aromatic rings. The van der Waals surface area contributed by atoms with E-state index in [1.54, 1.807) is 17.9 Å². The maximum Gasteiger partial charge on any atom is 0.350 e. The van der Waals surface area contributed by atoms with E-state index in [0.717, 1.165) is 23.0 Å². The summed E-state index contributed by atoms with van der Waals surface area (Å²) in [7, 11) is 0. The number of aromatic nitrogens is 6. The first kappa shape index (κ1) is 37.2. The van der Waals surface area contributed by atoms with Crippen molar-refractivity contribution in [2.75, 3.05) is 36.9 Å². The second-order valence-corrected chi connectivity index (χ2v) is 13.6. The summed E-state index contributed by atoms with van der Waals surface area (Å²) in [6, 6.07) is 18.0. The number of halogens is 2. The Morgan fingerprint density at radius 1 is 1.02 bits per heavy atom. The quantitative estimate of drug-likeness (QED) is 0.0794. The molecule has 12 nitrogen and oxygen atoms in total. The van der Waals surface area contributed by atoms with Crippen LogP contribution in [0.15, 0.2) is 115 Å². The van der Waals surface area contributed by atoms with Crippen molar-refractivity contribution >= 4 is 11.4 Å². The Morgan fingerprint density at radius 2 is 1.72 bits per heavy atom. The van der Waals surface area contributed by atoms with Gasteiger partial charge in [0.2, 0.25) is 0 Å². The Bertz CT molecular complexity index is 2060. The van der Waals surface area contributed by atoms with Crippen LogP contribution in [0.2, 0.25) is 0 Å². The number of nitrogens with one attached hydrogen (secondary N) is 2. The molecule has 0 bridgehead atoms. The van der Waals surface area contributed by atoms with E-state index in [0.29, 0.717) is 56.2 Å². The van der Waals surface area contributed by atoms with Gasteiger partial charge in [0, 0.05) is 42.0 Å². The van der Waals surface area contributed by atoms with Gasteiger partial charge in [0.25, 0.3) is 0 Å². The molecule has 1 aliphatic rings. The molecule has 0 amide bonds. The number of hydrogen-bond acceptors (Lipinski definition) is 9. The zero-order chi connectivity index (χ0) is 37.5. The van der Waals surface area contributed by atoms with Gasteiger partial charge in [-0.05, 0) is 81.3 Å². The fourth-order valence-corrected chi connectivity index (χ4v) is 6.56. The normalized spacial score (nSPS) is 18.0. The number of hydrogen-bond donors (Lipinski definition) is 3. The smallest absolute Gasteiger partial charge is 0.350 e. The van der Waals surface area contributed by atoms with Crippen LogP contribution in [0.4, 0.5) is 20.2 Å². The lowest BCUT2D eigenvalue weighted by atomic mass is 9.87. The molecule has 0 unspecified atom stereocenters. The first-order chi connectivity index (χ1) is 25.5. The fourth-order valence-electron chi connectivity index (χ4n) is 6.56. The van der Waals surface area contributed by atoms with Gasteiger partial charge < -0.3 is 25.2 Å². The molecule has 0 aliphatic carbocycles. The van der Waals surface area contributed by atoms with Gasteiger partial charge in [-0.1, -0.05) is 23.8 Å². The van der Waals surface area contributed by atoms with E-state index in [1.807, 2.05) is 55.5 Å². The molecular weight excluding hydrogens is 682 g/mol. The summed E-state index contributed by atoms with van der Waals surface area (Å²) >= 11 is 0. The molecule has 14 heteroatoms. The first-order valence-corrected chi connectivity index (χ1v) is 17.4. The maximum absolute atomic E-state index is 14.9. The Hall–Kier alpha value is -5.60. The first-order valence-electron chi connectivity index (χ1n) is 17.4. The van der Waals surface area contributed by atoms with Crippen LogP contribution in [0, 0.1) is 17.6 Å².